The molecule has 0 atom stereocenters. The van der Waals surface area contributed by atoms with Gasteiger partial charge in [-0.15, -0.1) is 11.3 Å². The molecule has 5 nitrogen and oxygen atoms in total. The van der Waals surface area contributed by atoms with Crippen molar-refractivity contribution in [2.75, 3.05) is 18.8 Å². The van der Waals surface area contributed by atoms with Gasteiger partial charge in [0.15, 0.2) is 0 Å². The first-order valence-corrected chi connectivity index (χ1v) is 5.66. The normalized spacial score (nSPS) is 10.6. The molecule has 5 N–H and O–H groups in total. The number of aromatic nitrogens is 1. The summed E-state index contributed by atoms with van der Waals surface area (Å²) in [7, 11) is 0. The van der Waals surface area contributed by atoms with E-state index in [-0.39, 0.29) is 5.91 Å². The fourth-order valence-electron chi connectivity index (χ4n) is 1.41. The quantitative estimate of drug-likeness (QED) is 0.726. The average molecular weight is 236 g/mol. The van der Waals surface area contributed by atoms with Crippen LogP contribution >= 0.6 is 11.3 Å². The molecule has 0 aliphatic rings. The monoisotopic (exact) mass is 236 g/mol. The van der Waals surface area contributed by atoms with Gasteiger partial charge in [-0.25, -0.2) is 0 Å². The molecule has 0 bridgehead atoms. The van der Waals surface area contributed by atoms with Gasteiger partial charge in [0, 0.05) is 30.9 Å². The lowest BCUT2D eigenvalue weighted by Crippen LogP contribution is -2.28. The van der Waals surface area contributed by atoms with Crippen LogP contribution in [0, 0.1) is 0 Å². The molecule has 1 amide bonds. The van der Waals surface area contributed by atoms with E-state index in [1.807, 2.05) is 0 Å². The van der Waals surface area contributed by atoms with E-state index in [0.29, 0.717) is 23.7 Å². The van der Waals surface area contributed by atoms with Crippen molar-refractivity contribution in [1.29, 1.82) is 0 Å². The minimum absolute atomic E-state index is 0.177. The van der Waals surface area contributed by atoms with Gasteiger partial charge in [0.1, 0.15) is 4.88 Å². The van der Waals surface area contributed by atoms with Crippen molar-refractivity contribution in [2.45, 2.75) is 0 Å². The first kappa shape index (κ1) is 10.8. The van der Waals surface area contributed by atoms with E-state index in [2.05, 4.69) is 10.3 Å². The Morgan fingerprint density at radius 2 is 2.38 bits per heavy atom. The van der Waals surface area contributed by atoms with E-state index in [4.69, 9.17) is 11.5 Å². The third kappa shape index (κ3) is 1.84. The van der Waals surface area contributed by atoms with Crippen LogP contribution in [0.3, 0.4) is 0 Å². The van der Waals surface area contributed by atoms with Crippen molar-refractivity contribution < 1.29 is 4.79 Å². The highest BCUT2D eigenvalue weighted by Gasteiger charge is 2.15. The lowest BCUT2D eigenvalue weighted by molar-refractivity contribution is 0.0959. The van der Waals surface area contributed by atoms with Crippen LogP contribution in [-0.2, 0) is 0 Å². The molecule has 2 aromatic heterocycles. The van der Waals surface area contributed by atoms with Gasteiger partial charge in [-0.3, -0.25) is 9.78 Å². The molecule has 0 aliphatic heterocycles. The van der Waals surface area contributed by atoms with Gasteiger partial charge >= 0.3 is 0 Å². The molecule has 0 saturated heterocycles. The molecule has 0 spiro atoms. The van der Waals surface area contributed by atoms with Gasteiger partial charge in [0.05, 0.1) is 10.4 Å². The fraction of sp³-hybridized carbons (Fsp3) is 0.200. The second kappa shape index (κ2) is 4.46. The number of carbonyl (C=O) groups is 1. The number of nitrogens with zero attached hydrogens (tertiary/aromatic N) is 1. The van der Waals surface area contributed by atoms with Crippen molar-refractivity contribution >= 4 is 33.0 Å². The number of hydrogen-bond donors (Lipinski definition) is 3. The Labute approximate surface area is 96.5 Å². The number of nitrogen functional groups attached to an aromatic ring is 1. The molecule has 0 radical (unpaired) electrons. The summed E-state index contributed by atoms with van der Waals surface area (Å²) < 4.78 is 0.915. The minimum atomic E-state index is -0.177. The topological polar surface area (TPSA) is 94.0 Å². The number of nitrogens with two attached hydrogens (primary N) is 2. The zero-order chi connectivity index (χ0) is 11.5. The molecule has 2 rings (SSSR count). The number of carbonyl (C=O) groups excluding carboxylic acids is 1. The van der Waals surface area contributed by atoms with Gasteiger partial charge in [-0.2, -0.15) is 0 Å². The van der Waals surface area contributed by atoms with E-state index in [0.717, 1.165) is 10.1 Å². The third-order valence-electron chi connectivity index (χ3n) is 2.17. The number of anilines is 1. The van der Waals surface area contributed by atoms with E-state index >= 15 is 0 Å². The number of pyridine rings is 1. The Balaban J connectivity index is 2.37. The number of thiophene rings is 1. The fourth-order valence-corrected chi connectivity index (χ4v) is 2.41. The summed E-state index contributed by atoms with van der Waals surface area (Å²) in [5.74, 6) is -0.177. The maximum absolute atomic E-state index is 11.7. The van der Waals surface area contributed by atoms with Crippen LogP contribution in [-0.4, -0.2) is 24.0 Å². The second-order valence-corrected chi connectivity index (χ2v) is 4.31. The molecule has 0 aromatic carbocycles. The SMILES string of the molecule is NCCNC(=O)c1sc2cnccc2c1N. The van der Waals surface area contributed by atoms with Crippen LogP contribution in [0.25, 0.3) is 10.1 Å². The zero-order valence-corrected chi connectivity index (χ0v) is 9.38. The molecular formula is C10H12N4OS. The molecule has 2 aromatic rings. The Hall–Kier alpha value is -1.66. The second-order valence-electron chi connectivity index (χ2n) is 3.26. The van der Waals surface area contributed by atoms with Gasteiger partial charge in [-0.05, 0) is 6.07 Å². The van der Waals surface area contributed by atoms with Crippen LogP contribution in [0.5, 0.6) is 0 Å². The van der Waals surface area contributed by atoms with E-state index in [1.165, 1.54) is 11.3 Å². The van der Waals surface area contributed by atoms with Gasteiger partial charge in [0.25, 0.3) is 5.91 Å². The lowest BCUT2D eigenvalue weighted by atomic mass is 10.2. The summed E-state index contributed by atoms with van der Waals surface area (Å²) >= 11 is 1.34. The maximum Gasteiger partial charge on any atom is 0.263 e. The maximum atomic E-state index is 11.7. The van der Waals surface area contributed by atoms with E-state index in [9.17, 15) is 4.79 Å². The number of fused-ring (bicyclic) bond motifs is 1. The molecule has 0 saturated carbocycles. The third-order valence-corrected chi connectivity index (χ3v) is 3.32. The number of amides is 1. The highest BCUT2D eigenvalue weighted by atomic mass is 32.1. The van der Waals surface area contributed by atoms with Gasteiger partial charge in [-0.1, -0.05) is 0 Å². The van der Waals surface area contributed by atoms with Crippen LogP contribution in [0.2, 0.25) is 0 Å². The van der Waals surface area contributed by atoms with Crippen LogP contribution in [0.15, 0.2) is 18.5 Å². The summed E-state index contributed by atoms with van der Waals surface area (Å²) in [4.78, 5) is 16.3. The summed E-state index contributed by atoms with van der Waals surface area (Å²) in [5, 5.41) is 3.57. The number of nitrogens with one attached hydrogen (secondary N) is 1. The Bertz CT molecular complexity index is 523. The molecule has 0 fully saturated rings. The Morgan fingerprint density at radius 1 is 1.56 bits per heavy atom. The predicted octanol–water partition coefficient (Wildman–Crippen LogP) is 0.567. The van der Waals surface area contributed by atoms with Crippen molar-refractivity contribution in [3.8, 4) is 0 Å². The smallest absolute Gasteiger partial charge is 0.263 e. The van der Waals surface area contributed by atoms with Gasteiger partial charge in [0.2, 0.25) is 0 Å². The molecular weight excluding hydrogens is 224 g/mol. The molecule has 16 heavy (non-hydrogen) atoms. The van der Waals surface area contributed by atoms with Crippen molar-refractivity contribution in [3.63, 3.8) is 0 Å². The number of hydrogen-bond acceptors (Lipinski definition) is 5. The van der Waals surface area contributed by atoms with Crippen molar-refractivity contribution in [1.82, 2.24) is 10.3 Å². The van der Waals surface area contributed by atoms with E-state index in [1.54, 1.807) is 18.5 Å². The van der Waals surface area contributed by atoms with Crippen molar-refractivity contribution in [3.05, 3.63) is 23.3 Å². The Morgan fingerprint density at radius 3 is 3.06 bits per heavy atom. The summed E-state index contributed by atoms with van der Waals surface area (Å²) in [6.07, 6.45) is 3.36. The first-order chi connectivity index (χ1) is 7.74. The highest BCUT2D eigenvalue weighted by Crippen LogP contribution is 2.32. The van der Waals surface area contributed by atoms with E-state index < -0.39 is 0 Å². The highest BCUT2D eigenvalue weighted by molar-refractivity contribution is 7.21. The minimum Gasteiger partial charge on any atom is -0.397 e. The molecule has 2 heterocycles. The largest absolute Gasteiger partial charge is 0.397 e. The van der Waals surface area contributed by atoms with Crippen LogP contribution in [0.1, 0.15) is 9.67 Å². The first-order valence-electron chi connectivity index (χ1n) is 4.84. The Kier molecular flexibility index (Phi) is 3.02. The predicted molar refractivity (Wildman–Crippen MR) is 65.4 cm³/mol. The van der Waals surface area contributed by atoms with Gasteiger partial charge < -0.3 is 16.8 Å². The lowest BCUT2D eigenvalue weighted by Gasteiger charge is -2.01. The standard InChI is InChI=1S/C10H12N4OS/c11-2-4-14-10(15)9-8(12)6-1-3-13-5-7(6)16-9/h1,3,5H,2,4,11-12H2,(H,14,15). The molecule has 0 unspecified atom stereocenters. The number of rotatable bonds is 3. The van der Waals surface area contributed by atoms with Crippen molar-refractivity contribution in [2.24, 2.45) is 5.73 Å². The summed E-state index contributed by atoms with van der Waals surface area (Å²) in [5.41, 5.74) is 11.7. The molecule has 0 aliphatic carbocycles. The summed E-state index contributed by atoms with van der Waals surface area (Å²) in [6, 6.07) is 1.81. The average Bonchev–Trinajstić information content (AvgIpc) is 2.64. The molecule has 84 valence electrons. The molecule has 6 heteroatoms. The van der Waals surface area contributed by atoms with Crippen LogP contribution < -0.4 is 16.8 Å². The van der Waals surface area contributed by atoms with Crippen LogP contribution in [0.4, 0.5) is 5.69 Å². The zero-order valence-electron chi connectivity index (χ0n) is 8.56. The summed E-state index contributed by atoms with van der Waals surface area (Å²) in [6.45, 7) is 0.864.